The second kappa shape index (κ2) is 5.57. The van der Waals surface area contributed by atoms with Gasteiger partial charge in [0.2, 0.25) is 0 Å². The maximum absolute atomic E-state index is 9.20. The lowest BCUT2D eigenvalue weighted by Crippen LogP contribution is -1.88. The third-order valence-corrected chi connectivity index (χ3v) is 4.16. The molecule has 0 aliphatic rings. The van der Waals surface area contributed by atoms with E-state index in [1.54, 1.807) is 7.11 Å². The summed E-state index contributed by atoms with van der Waals surface area (Å²) >= 11 is 0. The van der Waals surface area contributed by atoms with Gasteiger partial charge in [0.25, 0.3) is 0 Å². The van der Waals surface area contributed by atoms with Crippen molar-refractivity contribution in [2.45, 2.75) is 20.3 Å². The van der Waals surface area contributed by atoms with Crippen molar-refractivity contribution in [2.24, 2.45) is 0 Å². The molecule has 0 saturated carbocycles. The Bertz CT molecular complexity index is 884. The largest absolute Gasteiger partial charge is 0.497 e. The van der Waals surface area contributed by atoms with Gasteiger partial charge in [0.05, 0.1) is 25.3 Å². The predicted octanol–water partition coefficient (Wildman–Crippen LogP) is 4.53. The number of nitrogens with one attached hydrogen (secondary N) is 1. The second-order valence-corrected chi connectivity index (χ2v) is 5.52. The molecular formula is C19H18N2O. The van der Waals surface area contributed by atoms with Crippen LogP contribution in [0.5, 0.6) is 5.75 Å². The first-order chi connectivity index (χ1) is 10.6. The van der Waals surface area contributed by atoms with E-state index in [2.05, 4.69) is 43.1 Å². The number of aryl methyl sites for hydroxylation is 2. The highest BCUT2D eigenvalue weighted by Gasteiger charge is 2.14. The van der Waals surface area contributed by atoms with Crippen LogP contribution >= 0.6 is 0 Å². The molecule has 0 atom stereocenters. The van der Waals surface area contributed by atoms with E-state index in [1.807, 2.05) is 18.2 Å². The van der Waals surface area contributed by atoms with E-state index in [1.165, 1.54) is 11.1 Å². The van der Waals surface area contributed by atoms with E-state index in [0.29, 0.717) is 6.42 Å². The zero-order valence-corrected chi connectivity index (χ0v) is 13.0. The lowest BCUT2D eigenvalue weighted by molar-refractivity contribution is 0.415. The number of methoxy groups -OCH3 is 1. The van der Waals surface area contributed by atoms with E-state index in [-0.39, 0.29) is 0 Å². The zero-order valence-electron chi connectivity index (χ0n) is 13.0. The summed E-state index contributed by atoms with van der Waals surface area (Å²) in [4.78, 5) is 3.46. The van der Waals surface area contributed by atoms with Crippen molar-refractivity contribution < 1.29 is 4.74 Å². The quantitative estimate of drug-likeness (QED) is 0.770. The Morgan fingerprint density at radius 3 is 2.59 bits per heavy atom. The van der Waals surface area contributed by atoms with Gasteiger partial charge in [0, 0.05) is 10.9 Å². The van der Waals surface area contributed by atoms with Gasteiger partial charge in [0.15, 0.2) is 0 Å². The van der Waals surface area contributed by atoms with Gasteiger partial charge in [-0.3, -0.25) is 0 Å². The van der Waals surface area contributed by atoms with Crippen LogP contribution in [0.1, 0.15) is 16.7 Å². The molecule has 1 heterocycles. The lowest BCUT2D eigenvalue weighted by Gasteiger charge is -2.06. The molecule has 1 aromatic heterocycles. The van der Waals surface area contributed by atoms with Gasteiger partial charge < -0.3 is 9.72 Å². The zero-order chi connectivity index (χ0) is 15.7. The minimum Gasteiger partial charge on any atom is -0.497 e. The van der Waals surface area contributed by atoms with Crippen LogP contribution in [0.25, 0.3) is 22.2 Å². The summed E-state index contributed by atoms with van der Waals surface area (Å²) in [6.45, 7) is 4.21. The van der Waals surface area contributed by atoms with Crippen LogP contribution in [0, 0.1) is 25.2 Å². The number of ether oxygens (including phenoxy) is 1. The number of hydrogen-bond donors (Lipinski definition) is 1. The fourth-order valence-corrected chi connectivity index (χ4v) is 2.76. The fourth-order valence-electron chi connectivity index (χ4n) is 2.76. The maximum Gasteiger partial charge on any atom is 0.119 e. The molecule has 0 aliphatic heterocycles. The molecule has 0 bridgehead atoms. The Morgan fingerprint density at radius 1 is 1.09 bits per heavy atom. The first-order valence-corrected chi connectivity index (χ1v) is 7.27. The van der Waals surface area contributed by atoms with Crippen molar-refractivity contribution in [1.82, 2.24) is 4.98 Å². The summed E-state index contributed by atoms with van der Waals surface area (Å²) in [5, 5.41) is 10.2. The lowest BCUT2D eigenvalue weighted by atomic mass is 10.00. The van der Waals surface area contributed by atoms with E-state index >= 15 is 0 Å². The Labute approximate surface area is 130 Å². The van der Waals surface area contributed by atoms with E-state index < -0.39 is 0 Å². The SMILES string of the molecule is COc1ccc2[nH]c(-c3ccc(C)c(C)c3)c(CC#N)c2c1. The van der Waals surface area contributed by atoms with E-state index in [0.717, 1.165) is 33.5 Å². The van der Waals surface area contributed by atoms with Crippen molar-refractivity contribution in [1.29, 1.82) is 5.26 Å². The number of nitriles is 1. The molecule has 0 amide bonds. The topological polar surface area (TPSA) is 48.8 Å². The van der Waals surface area contributed by atoms with Crippen LogP contribution in [-0.4, -0.2) is 12.1 Å². The van der Waals surface area contributed by atoms with Gasteiger partial charge in [-0.1, -0.05) is 12.1 Å². The van der Waals surface area contributed by atoms with E-state index in [9.17, 15) is 5.26 Å². The van der Waals surface area contributed by atoms with Crippen molar-refractivity contribution >= 4 is 10.9 Å². The summed E-state index contributed by atoms with van der Waals surface area (Å²) in [5.74, 6) is 0.803. The summed E-state index contributed by atoms with van der Waals surface area (Å²) in [5.41, 5.74) is 6.70. The number of aromatic amines is 1. The molecule has 0 saturated heterocycles. The number of H-pyrrole nitrogens is 1. The predicted molar refractivity (Wildman–Crippen MR) is 89.1 cm³/mol. The highest BCUT2D eigenvalue weighted by molar-refractivity contribution is 5.92. The van der Waals surface area contributed by atoms with Gasteiger partial charge in [0.1, 0.15) is 5.75 Å². The molecule has 3 nitrogen and oxygen atoms in total. The summed E-state index contributed by atoms with van der Waals surface area (Å²) < 4.78 is 5.31. The van der Waals surface area contributed by atoms with Gasteiger partial charge in [-0.15, -0.1) is 0 Å². The third-order valence-electron chi connectivity index (χ3n) is 4.16. The molecule has 3 rings (SSSR count). The smallest absolute Gasteiger partial charge is 0.119 e. The Morgan fingerprint density at radius 2 is 1.91 bits per heavy atom. The highest BCUT2D eigenvalue weighted by atomic mass is 16.5. The molecule has 110 valence electrons. The molecule has 3 heteroatoms. The molecule has 1 N–H and O–H groups in total. The highest BCUT2D eigenvalue weighted by Crippen LogP contribution is 2.33. The average molecular weight is 290 g/mol. The number of nitrogens with zero attached hydrogens (tertiary/aromatic N) is 1. The summed E-state index contributed by atoms with van der Waals surface area (Å²) in [6.07, 6.45) is 0.370. The second-order valence-electron chi connectivity index (χ2n) is 5.52. The standard InChI is InChI=1S/C19H18N2O/c1-12-4-5-14(10-13(12)2)19-16(8-9-20)17-11-15(22-3)6-7-18(17)21-19/h4-7,10-11,21H,8H2,1-3H3. The average Bonchev–Trinajstić information content (AvgIpc) is 2.88. The Balaban J connectivity index is 2.26. The Hall–Kier alpha value is -2.73. The maximum atomic E-state index is 9.20. The van der Waals surface area contributed by atoms with Crippen molar-refractivity contribution in [3.05, 3.63) is 53.1 Å². The molecule has 22 heavy (non-hydrogen) atoms. The number of fused-ring (bicyclic) bond motifs is 1. The molecule has 0 fully saturated rings. The summed E-state index contributed by atoms with van der Waals surface area (Å²) in [6, 6.07) is 14.6. The number of rotatable bonds is 3. The third kappa shape index (κ3) is 2.33. The molecule has 0 unspecified atom stereocenters. The van der Waals surface area contributed by atoms with Crippen LogP contribution < -0.4 is 4.74 Å². The van der Waals surface area contributed by atoms with Crippen LogP contribution in [-0.2, 0) is 6.42 Å². The molecule has 0 radical (unpaired) electrons. The van der Waals surface area contributed by atoms with Crippen LogP contribution in [0.2, 0.25) is 0 Å². The number of hydrogen-bond acceptors (Lipinski definition) is 2. The van der Waals surface area contributed by atoms with Crippen molar-refractivity contribution in [2.75, 3.05) is 7.11 Å². The number of aromatic nitrogens is 1. The first kappa shape index (κ1) is 14.2. The number of benzene rings is 2. The molecule has 0 spiro atoms. The fraction of sp³-hybridized carbons (Fsp3) is 0.211. The van der Waals surface area contributed by atoms with Gasteiger partial charge in [-0.2, -0.15) is 5.26 Å². The monoisotopic (exact) mass is 290 g/mol. The van der Waals surface area contributed by atoms with Crippen molar-refractivity contribution in [3.8, 4) is 23.1 Å². The van der Waals surface area contributed by atoms with Gasteiger partial charge in [-0.05, 0) is 60.4 Å². The molecule has 0 aliphatic carbocycles. The normalized spacial score (nSPS) is 10.6. The van der Waals surface area contributed by atoms with Gasteiger partial charge >= 0.3 is 0 Å². The Kier molecular flexibility index (Phi) is 3.60. The van der Waals surface area contributed by atoms with Crippen molar-refractivity contribution in [3.63, 3.8) is 0 Å². The minimum atomic E-state index is 0.370. The van der Waals surface area contributed by atoms with Crippen LogP contribution in [0.3, 0.4) is 0 Å². The molecular weight excluding hydrogens is 272 g/mol. The minimum absolute atomic E-state index is 0.370. The van der Waals surface area contributed by atoms with Crippen LogP contribution in [0.15, 0.2) is 36.4 Å². The summed E-state index contributed by atoms with van der Waals surface area (Å²) in [7, 11) is 1.65. The van der Waals surface area contributed by atoms with Crippen LogP contribution in [0.4, 0.5) is 0 Å². The van der Waals surface area contributed by atoms with E-state index in [4.69, 9.17) is 4.74 Å². The molecule has 3 aromatic rings. The van der Waals surface area contributed by atoms with Gasteiger partial charge in [-0.25, -0.2) is 0 Å². The first-order valence-electron chi connectivity index (χ1n) is 7.27. The molecule has 2 aromatic carbocycles.